The van der Waals surface area contributed by atoms with Crippen LogP contribution >= 0.6 is 22.6 Å². The normalized spacial score (nSPS) is 13.6. The number of anilines is 2. The van der Waals surface area contributed by atoms with Crippen molar-refractivity contribution in [2.45, 2.75) is 38.8 Å². The molecule has 0 fully saturated rings. The van der Waals surface area contributed by atoms with E-state index < -0.39 is 0 Å². The maximum Gasteiger partial charge on any atom is 1.00 e. The van der Waals surface area contributed by atoms with Gasteiger partial charge >= 0.3 is 29.6 Å². The number of ether oxygens (including phenoxy) is 2. The van der Waals surface area contributed by atoms with Gasteiger partial charge in [-0.05, 0) is 116 Å². The number of hydrogen-bond acceptors (Lipinski definition) is 6. The number of fused-ring (bicyclic) bond motifs is 2. The number of alkyl halides is 1. The molecular formula is C54H58IN4NaO4. The maximum absolute atomic E-state index is 12.9. The van der Waals surface area contributed by atoms with Crippen molar-refractivity contribution in [1.29, 1.82) is 0 Å². The van der Waals surface area contributed by atoms with Gasteiger partial charge < -0.3 is 31.8 Å². The van der Waals surface area contributed by atoms with Crippen LogP contribution in [0.2, 0.25) is 0 Å². The molecule has 326 valence electrons. The fraction of sp³-hybridized carbons (Fsp3) is 0.222. The van der Waals surface area contributed by atoms with Gasteiger partial charge in [0.05, 0.1) is 25.3 Å². The quantitative estimate of drug-likeness (QED) is 0.0721. The van der Waals surface area contributed by atoms with Crippen molar-refractivity contribution in [3.05, 3.63) is 180 Å². The smallest absolute Gasteiger partial charge is 1.00 e. The fourth-order valence-corrected chi connectivity index (χ4v) is 8.00. The molecule has 6 aromatic rings. The van der Waals surface area contributed by atoms with E-state index in [9.17, 15) is 9.59 Å². The summed E-state index contributed by atoms with van der Waals surface area (Å²) >= 11 is 2.15. The van der Waals surface area contributed by atoms with Crippen LogP contribution in [-0.2, 0) is 0 Å². The van der Waals surface area contributed by atoms with Gasteiger partial charge in [-0.3, -0.25) is 9.59 Å². The van der Waals surface area contributed by atoms with Crippen LogP contribution in [0.15, 0.2) is 158 Å². The van der Waals surface area contributed by atoms with Crippen LogP contribution in [0, 0.1) is 0 Å². The second-order valence-electron chi connectivity index (χ2n) is 16.5. The summed E-state index contributed by atoms with van der Waals surface area (Å²) in [4.78, 5) is 29.2. The Morgan fingerprint density at radius 3 is 1.50 bits per heavy atom. The van der Waals surface area contributed by atoms with E-state index in [-0.39, 0.29) is 53.9 Å². The number of hydrogen-bond donors (Lipinski definition) is 3. The van der Waals surface area contributed by atoms with E-state index in [1.807, 2.05) is 109 Å². The molecule has 2 heterocycles. The summed E-state index contributed by atoms with van der Waals surface area (Å²) in [5, 5.41) is 10.2. The molecule has 3 N–H and O–H groups in total. The number of rotatable bonds is 10. The molecule has 0 bridgehead atoms. The first-order valence-electron chi connectivity index (χ1n) is 20.9. The number of para-hydroxylation sites is 2. The van der Waals surface area contributed by atoms with E-state index in [1.54, 1.807) is 19.1 Å². The Morgan fingerprint density at radius 2 is 1.02 bits per heavy atom. The molecule has 6 aromatic carbocycles. The first kappa shape index (κ1) is 49.7. The Hall–Kier alpha value is -5.33. The summed E-state index contributed by atoms with van der Waals surface area (Å²) in [6.07, 6.45) is 4.41. The summed E-state index contributed by atoms with van der Waals surface area (Å²) in [6.45, 7) is 9.53. The van der Waals surface area contributed by atoms with Crippen molar-refractivity contribution >= 4 is 56.9 Å². The van der Waals surface area contributed by atoms with Crippen LogP contribution in [0.25, 0.3) is 33.4 Å². The Morgan fingerprint density at radius 1 is 0.594 bits per heavy atom. The average Bonchev–Trinajstić information content (AvgIpc) is 3.31. The van der Waals surface area contributed by atoms with Gasteiger partial charge in [-0.1, -0.05) is 120 Å². The molecule has 0 aliphatic carbocycles. The Balaban J connectivity index is 0.000000266. The molecule has 2 aliphatic rings. The first-order chi connectivity index (χ1) is 30.3. The molecule has 0 saturated carbocycles. The first-order valence-corrected chi connectivity index (χ1v) is 23.1. The molecule has 0 aromatic heterocycles. The maximum atomic E-state index is 12.9. The SMILES string of the molecule is CI.COc1ccccc1-c1ccc2c(c1)C(CN(C)C(=O)c1ccccc1)=CC(C)(C)N2.COc1ccccc1-c1ccc2c(c1)C(CNC(=O)c1ccccc1)=CC(C)(C)N2.[H-].[Na+]. The van der Waals surface area contributed by atoms with Gasteiger partial charge in [-0.2, -0.15) is 0 Å². The van der Waals surface area contributed by atoms with Crippen LogP contribution in [0.3, 0.4) is 0 Å². The van der Waals surface area contributed by atoms with E-state index in [1.165, 1.54) is 0 Å². The molecule has 8 rings (SSSR count). The third kappa shape index (κ3) is 12.3. The van der Waals surface area contributed by atoms with Crippen LogP contribution in [0.5, 0.6) is 11.5 Å². The molecule has 0 atom stereocenters. The zero-order chi connectivity index (χ0) is 45.1. The van der Waals surface area contributed by atoms with Crippen LogP contribution in [-0.4, -0.2) is 67.1 Å². The molecule has 64 heavy (non-hydrogen) atoms. The number of benzene rings is 6. The summed E-state index contributed by atoms with van der Waals surface area (Å²) in [6, 6.07) is 47.5. The number of carbonyl (C=O) groups excluding carboxylic acids is 2. The van der Waals surface area contributed by atoms with Gasteiger partial charge in [-0.25, -0.2) is 0 Å². The Bertz CT molecular complexity index is 2620. The topological polar surface area (TPSA) is 91.9 Å². The second kappa shape index (κ2) is 22.5. The van der Waals surface area contributed by atoms with Gasteiger partial charge in [0.1, 0.15) is 11.5 Å². The number of amides is 2. The summed E-state index contributed by atoms with van der Waals surface area (Å²) in [5.74, 6) is 1.62. The average molecular weight is 977 g/mol. The predicted molar refractivity (Wildman–Crippen MR) is 271 cm³/mol. The van der Waals surface area contributed by atoms with Gasteiger partial charge in [0.2, 0.25) is 0 Å². The largest absolute Gasteiger partial charge is 1.00 e. The van der Waals surface area contributed by atoms with Crippen molar-refractivity contribution in [2.75, 3.05) is 49.9 Å². The molecule has 0 radical (unpaired) electrons. The van der Waals surface area contributed by atoms with Gasteiger partial charge in [-0.15, -0.1) is 0 Å². The molecule has 0 saturated heterocycles. The van der Waals surface area contributed by atoms with Crippen LogP contribution in [0.4, 0.5) is 11.4 Å². The summed E-state index contributed by atoms with van der Waals surface area (Å²) in [5.41, 5.74) is 11.7. The summed E-state index contributed by atoms with van der Waals surface area (Å²) in [7, 11) is 5.23. The van der Waals surface area contributed by atoms with Crippen molar-refractivity contribution < 1.29 is 50.0 Å². The van der Waals surface area contributed by atoms with Crippen molar-refractivity contribution in [2.24, 2.45) is 0 Å². The Labute approximate surface area is 416 Å². The molecular weight excluding hydrogens is 919 g/mol. The van der Waals surface area contributed by atoms with E-state index >= 15 is 0 Å². The zero-order valence-electron chi connectivity index (χ0n) is 39.4. The minimum atomic E-state index is -0.203. The number of likely N-dealkylation sites (N-methyl/N-ethyl adjacent to an activating group) is 1. The third-order valence-electron chi connectivity index (χ3n) is 10.8. The van der Waals surface area contributed by atoms with Gasteiger partial charge in [0.25, 0.3) is 11.8 Å². The van der Waals surface area contributed by atoms with Crippen molar-refractivity contribution in [3.63, 3.8) is 0 Å². The number of halogens is 1. The Kier molecular flexibility index (Phi) is 17.5. The third-order valence-corrected chi connectivity index (χ3v) is 10.8. The molecule has 2 amide bonds. The zero-order valence-corrected chi connectivity index (χ0v) is 42.5. The van der Waals surface area contributed by atoms with Crippen LogP contribution in [0.1, 0.15) is 61.0 Å². The van der Waals surface area contributed by atoms with Crippen molar-refractivity contribution in [1.82, 2.24) is 10.2 Å². The van der Waals surface area contributed by atoms with Crippen LogP contribution < -0.4 is 55.0 Å². The minimum Gasteiger partial charge on any atom is -1.00 e. The predicted octanol–water partition coefficient (Wildman–Crippen LogP) is 9.27. The van der Waals surface area contributed by atoms with Crippen molar-refractivity contribution in [3.8, 4) is 33.8 Å². The fourth-order valence-electron chi connectivity index (χ4n) is 8.00. The number of nitrogens with zero attached hydrogens (tertiary/aromatic N) is 1. The van der Waals surface area contributed by atoms with E-state index in [2.05, 4.69) is 127 Å². The van der Waals surface area contributed by atoms with Gasteiger partial charge in [0.15, 0.2) is 0 Å². The molecule has 2 aliphatic heterocycles. The number of methoxy groups -OCH3 is 2. The summed E-state index contributed by atoms with van der Waals surface area (Å²) < 4.78 is 11.1. The number of nitrogens with one attached hydrogen (secondary N) is 3. The monoisotopic (exact) mass is 976 g/mol. The van der Waals surface area contributed by atoms with E-state index in [0.717, 1.165) is 67.4 Å². The standard InChI is InChI=1S/C27H28N2O2.C26H26N2O2.CH3I.Na.H/c1-27(2)17-21(18-29(3)26(30)19-10-6-5-7-11-19)23-16-20(14-15-24(23)28-27)22-12-8-9-13-25(22)31-4;1-26(2)16-20(17-27-25(29)18-9-5-4-6-10-18)22-15-19(13-14-23(22)28-26)21-11-7-8-12-24(21)30-3;1-2;;/h5-17,28H,18H2,1-4H3;4-16,28H,17H2,1-3H3,(H,27,29);1H3;;/q;;;+1;-1. The van der Waals surface area contributed by atoms with E-state index in [4.69, 9.17) is 9.47 Å². The molecule has 10 heteroatoms. The molecule has 0 unspecified atom stereocenters. The number of carbonyl (C=O) groups is 2. The molecule has 8 nitrogen and oxygen atoms in total. The second-order valence-corrected chi connectivity index (χ2v) is 16.5. The van der Waals surface area contributed by atoms with E-state index in [0.29, 0.717) is 24.2 Å². The molecule has 0 spiro atoms. The van der Waals surface area contributed by atoms with Gasteiger partial charge in [0, 0.05) is 64.9 Å². The minimum absolute atomic E-state index is 0.